The first-order valence-corrected chi connectivity index (χ1v) is 8.44. The summed E-state index contributed by atoms with van der Waals surface area (Å²) in [5, 5.41) is 12.6. The Labute approximate surface area is 141 Å². The van der Waals surface area contributed by atoms with E-state index in [0.29, 0.717) is 30.1 Å². The number of fused-ring (bicyclic) bond motifs is 1. The number of guanidine groups is 1. The smallest absolute Gasteiger partial charge is 0.213 e. The topological polar surface area (TPSA) is 60.6 Å². The fourth-order valence-corrected chi connectivity index (χ4v) is 3.74. The lowest BCUT2D eigenvalue weighted by atomic mass is 9.81. The number of likely N-dealkylation sites (N-methyl/N-ethyl adjacent to an activating group) is 1. The Kier molecular flexibility index (Phi) is 4.47. The zero-order valence-electron chi connectivity index (χ0n) is 13.5. The highest BCUT2D eigenvalue weighted by atomic mass is 35.5. The number of hydrogen-bond acceptors (Lipinski definition) is 5. The lowest BCUT2D eigenvalue weighted by Crippen LogP contribution is -2.58. The fraction of sp³-hybridized carbons (Fsp3) is 0.529. The SMILES string of the molecule is CCOCC1(C2CC2)c2cc(Cl)ccc2N=C(NC#N)N1CC. The maximum Gasteiger partial charge on any atom is 0.213 e. The zero-order valence-corrected chi connectivity index (χ0v) is 14.2. The van der Waals surface area contributed by atoms with Crippen molar-refractivity contribution >= 4 is 23.2 Å². The van der Waals surface area contributed by atoms with E-state index in [2.05, 4.69) is 22.1 Å². The van der Waals surface area contributed by atoms with Gasteiger partial charge in [-0.05, 0) is 50.8 Å². The second kappa shape index (κ2) is 6.38. The lowest BCUT2D eigenvalue weighted by Gasteiger charge is -2.48. The number of halogens is 1. The van der Waals surface area contributed by atoms with Crippen LogP contribution in [0.5, 0.6) is 0 Å². The van der Waals surface area contributed by atoms with Gasteiger partial charge >= 0.3 is 0 Å². The highest BCUT2D eigenvalue weighted by molar-refractivity contribution is 6.30. The molecular formula is C17H21ClN4O. The van der Waals surface area contributed by atoms with Crippen LogP contribution in [0.4, 0.5) is 5.69 Å². The highest BCUT2D eigenvalue weighted by Crippen LogP contribution is 2.54. The summed E-state index contributed by atoms with van der Waals surface area (Å²) in [4.78, 5) is 6.81. The van der Waals surface area contributed by atoms with Crippen molar-refractivity contribution in [3.05, 3.63) is 28.8 Å². The molecule has 5 nitrogen and oxygen atoms in total. The number of aliphatic imine (C=N–C) groups is 1. The Morgan fingerprint density at radius 3 is 2.87 bits per heavy atom. The molecule has 1 N–H and O–H groups in total. The van der Waals surface area contributed by atoms with Crippen molar-refractivity contribution in [3.63, 3.8) is 0 Å². The van der Waals surface area contributed by atoms with Gasteiger partial charge in [0.1, 0.15) is 0 Å². The first kappa shape index (κ1) is 16.1. The summed E-state index contributed by atoms with van der Waals surface area (Å²) in [6, 6.07) is 5.77. The molecule has 1 unspecified atom stereocenters. The van der Waals surface area contributed by atoms with Crippen LogP contribution in [0.3, 0.4) is 0 Å². The number of benzene rings is 1. The molecule has 0 bridgehead atoms. The number of hydrogen-bond donors (Lipinski definition) is 1. The molecule has 0 spiro atoms. The van der Waals surface area contributed by atoms with Gasteiger partial charge in [0, 0.05) is 23.7 Å². The van der Waals surface area contributed by atoms with Crippen LogP contribution in [0.25, 0.3) is 0 Å². The molecule has 1 atom stereocenters. The molecule has 122 valence electrons. The maximum absolute atomic E-state index is 9.10. The molecule has 2 aliphatic rings. The van der Waals surface area contributed by atoms with Crippen molar-refractivity contribution in [1.82, 2.24) is 10.2 Å². The highest BCUT2D eigenvalue weighted by Gasteiger charge is 2.54. The number of nitrogens with zero attached hydrogens (tertiary/aromatic N) is 3. The van der Waals surface area contributed by atoms with Gasteiger partial charge in [-0.1, -0.05) is 11.6 Å². The van der Waals surface area contributed by atoms with E-state index < -0.39 is 0 Å². The maximum atomic E-state index is 9.10. The van der Waals surface area contributed by atoms with Crippen molar-refractivity contribution in [2.45, 2.75) is 32.2 Å². The van der Waals surface area contributed by atoms with E-state index in [1.807, 2.05) is 31.3 Å². The second-order valence-electron chi connectivity index (χ2n) is 5.91. The van der Waals surface area contributed by atoms with Crippen molar-refractivity contribution in [3.8, 4) is 6.19 Å². The molecule has 1 aliphatic carbocycles. The van der Waals surface area contributed by atoms with E-state index in [1.54, 1.807) is 0 Å². The molecule has 1 aromatic rings. The summed E-state index contributed by atoms with van der Waals surface area (Å²) in [5.41, 5.74) is 1.65. The molecule has 3 rings (SSSR count). The predicted octanol–water partition coefficient (Wildman–Crippen LogP) is 3.38. The molecule has 1 heterocycles. The van der Waals surface area contributed by atoms with Gasteiger partial charge in [0.15, 0.2) is 6.19 Å². The van der Waals surface area contributed by atoms with E-state index in [4.69, 9.17) is 21.6 Å². The molecule has 1 aliphatic heterocycles. The van der Waals surface area contributed by atoms with Crippen LogP contribution in [0.1, 0.15) is 32.3 Å². The van der Waals surface area contributed by atoms with Gasteiger partial charge in [0.25, 0.3) is 0 Å². The van der Waals surface area contributed by atoms with E-state index in [0.717, 1.165) is 30.6 Å². The monoisotopic (exact) mass is 332 g/mol. The molecular weight excluding hydrogens is 312 g/mol. The van der Waals surface area contributed by atoms with E-state index >= 15 is 0 Å². The molecule has 1 fully saturated rings. The molecule has 6 heteroatoms. The Morgan fingerprint density at radius 2 is 2.26 bits per heavy atom. The van der Waals surface area contributed by atoms with Crippen molar-refractivity contribution < 1.29 is 4.74 Å². The summed E-state index contributed by atoms with van der Waals surface area (Å²) in [7, 11) is 0. The van der Waals surface area contributed by atoms with Gasteiger partial charge < -0.3 is 9.64 Å². The van der Waals surface area contributed by atoms with Gasteiger partial charge in [0.2, 0.25) is 5.96 Å². The molecule has 1 saturated carbocycles. The minimum Gasteiger partial charge on any atom is -0.379 e. The third-order valence-electron chi connectivity index (χ3n) is 4.65. The predicted molar refractivity (Wildman–Crippen MR) is 90.6 cm³/mol. The summed E-state index contributed by atoms with van der Waals surface area (Å²) < 4.78 is 5.88. The van der Waals surface area contributed by atoms with Crippen LogP contribution >= 0.6 is 11.6 Å². The quantitative estimate of drug-likeness (QED) is 0.663. The van der Waals surface area contributed by atoms with Gasteiger partial charge in [-0.2, -0.15) is 5.26 Å². The van der Waals surface area contributed by atoms with E-state index in [9.17, 15) is 0 Å². The van der Waals surface area contributed by atoms with Gasteiger partial charge in [0.05, 0.1) is 17.8 Å². The van der Waals surface area contributed by atoms with E-state index in [1.165, 1.54) is 0 Å². The van der Waals surface area contributed by atoms with Crippen molar-refractivity contribution in [2.75, 3.05) is 19.8 Å². The Hall–Kier alpha value is -1.77. The lowest BCUT2D eigenvalue weighted by molar-refractivity contribution is 0.0113. The standard InChI is InChI=1S/C17H21ClN4O/c1-3-22-16(20-11-19)21-15-8-7-13(18)9-14(15)17(22,10-23-4-2)12-5-6-12/h7-9,12H,3-6,10H2,1-2H3,(H,20,21). The minimum atomic E-state index is -0.314. The number of rotatable bonds is 5. The number of ether oxygens (including phenoxy) is 1. The largest absolute Gasteiger partial charge is 0.379 e. The Bertz CT molecular complexity index is 665. The summed E-state index contributed by atoms with van der Waals surface area (Å²) in [6.07, 6.45) is 4.30. The average Bonchev–Trinajstić information content (AvgIpc) is 3.38. The number of nitrogens with one attached hydrogen (secondary N) is 1. The number of nitriles is 1. The third kappa shape index (κ3) is 2.66. The van der Waals surface area contributed by atoms with Crippen LogP contribution in [-0.2, 0) is 10.3 Å². The molecule has 0 aromatic heterocycles. The van der Waals surface area contributed by atoms with Crippen LogP contribution in [0.15, 0.2) is 23.2 Å². The normalized spacial score (nSPS) is 23.0. The minimum absolute atomic E-state index is 0.314. The van der Waals surface area contributed by atoms with E-state index in [-0.39, 0.29) is 5.54 Å². The van der Waals surface area contributed by atoms with Gasteiger partial charge in [-0.25, -0.2) is 4.99 Å². The van der Waals surface area contributed by atoms with Crippen LogP contribution in [-0.4, -0.2) is 30.6 Å². The third-order valence-corrected chi connectivity index (χ3v) is 4.89. The first-order chi connectivity index (χ1) is 11.2. The second-order valence-corrected chi connectivity index (χ2v) is 6.35. The molecule has 0 radical (unpaired) electrons. The molecule has 0 amide bonds. The van der Waals surface area contributed by atoms with Crippen molar-refractivity contribution in [1.29, 1.82) is 5.26 Å². The van der Waals surface area contributed by atoms with Crippen LogP contribution in [0.2, 0.25) is 5.02 Å². The Morgan fingerprint density at radius 1 is 1.48 bits per heavy atom. The summed E-state index contributed by atoms with van der Waals surface area (Å²) >= 11 is 6.28. The summed E-state index contributed by atoms with van der Waals surface area (Å²) in [5.74, 6) is 1.08. The first-order valence-electron chi connectivity index (χ1n) is 8.06. The Balaban J connectivity index is 2.19. The molecule has 23 heavy (non-hydrogen) atoms. The zero-order chi connectivity index (χ0) is 16.4. The molecule has 1 aromatic carbocycles. The van der Waals surface area contributed by atoms with Crippen molar-refractivity contribution in [2.24, 2.45) is 10.9 Å². The van der Waals surface area contributed by atoms with Crippen LogP contribution in [0, 0.1) is 17.4 Å². The van der Waals surface area contributed by atoms with Gasteiger partial charge in [-0.3, -0.25) is 5.32 Å². The fourth-order valence-electron chi connectivity index (χ4n) is 3.57. The summed E-state index contributed by atoms with van der Waals surface area (Å²) in [6.45, 7) is 6.04. The van der Waals surface area contributed by atoms with Gasteiger partial charge in [-0.15, -0.1) is 0 Å². The van der Waals surface area contributed by atoms with Crippen LogP contribution < -0.4 is 5.32 Å². The average molecular weight is 333 g/mol. The molecule has 0 saturated heterocycles.